The standard InChI is InChI=1S/3C23H22NO.Ir/c3*1-5-15-10-12-17(19-13-11-16(14-24-19)23(2,3)4)22-21(15)18-8-6-7-9-20(18)25-22;/h3*6-11,13-14H,5H2,1-4H3;/q3*-1;+3. The third kappa shape index (κ3) is 10.4. The van der Waals surface area contributed by atoms with Crippen LogP contribution in [0.2, 0.25) is 0 Å². The summed E-state index contributed by atoms with van der Waals surface area (Å²) in [6.07, 6.45) is 8.75. The summed E-state index contributed by atoms with van der Waals surface area (Å²) in [5, 5.41) is 7.05. The maximum atomic E-state index is 6.21. The first-order valence-electron chi connectivity index (χ1n) is 26.4. The number of benzene rings is 6. The van der Waals surface area contributed by atoms with Crippen LogP contribution < -0.4 is 0 Å². The van der Waals surface area contributed by atoms with E-state index in [9.17, 15) is 0 Å². The Balaban J connectivity index is 0.000000138. The molecule has 0 bridgehead atoms. The van der Waals surface area contributed by atoms with Crippen LogP contribution in [0.5, 0.6) is 0 Å². The van der Waals surface area contributed by atoms with Crippen molar-refractivity contribution in [3.8, 4) is 33.8 Å². The molecule has 0 unspecified atom stereocenters. The van der Waals surface area contributed by atoms with E-state index in [1.54, 1.807) is 0 Å². The number of aryl methyl sites for hydroxylation is 3. The number of furan rings is 3. The third-order valence-electron chi connectivity index (χ3n) is 14.4. The zero-order valence-corrected chi connectivity index (χ0v) is 48.3. The molecule has 0 radical (unpaired) electrons. The number of aromatic nitrogens is 3. The molecule has 0 saturated carbocycles. The van der Waals surface area contributed by atoms with Crippen LogP contribution in [0.4, 0.5) is 0 Å². The van der Waals surface area contributed by atoms with Crippen molar-refractivity contribution in [2.75, 3.05) is 0 Å². The van der Waals surface area contributed by atoms with Gasteiger partial charge in [-0.2, -0.15) is 0 Å². The van der Waals surface area contributed by atoms with Crippen LogP contribution in [0.3, 0.4) is 0 Å². The van der Waals surface area contributed by atoms with Crippen LogP contribution in [0.1, 0.15) is 116 Å². The Labute approximate surface area is 461 Å². The Morgan fingerprint density at radius 3 is 0.855 bits per heavy atom. The topological polar surface area (TPSA) is 78.1 Å². The van der Waals surface area contributed by atoms with Gasteiger partial charge >= 0.3 is 20.1 Å². The molecule has 6 heterocycles. The van der Waals surface area contributed by atoms with Crippen LogP contribution in [-0.2, 0) is 55.6 Å². The van der Waals surface area contributed by atoms with Crippen molar-refractivity contribution in [1.29, 1.82) is 0 Å². The van der Waals surface area contributed by atoms with Gasteiger partial charge in [0.15, 0.2) is 0 Å². The fourth-order valence-electron chi connectivity index (χ4n) is 9.88. The van der Waals surface area contributed by atoms with Crippen molar-refractivity contribution in [2.45, 2.75) is 119 Å². The molecule has 0 atom stereocenters. The van der Waals surface area contributed by atoms with Crippen LogP contribution in [-0.4, -0.2) is 15.0 Å². The van der Waals surface area contributed by atoms with Crippen molar-refractivity contribution in [3.05, 3.63) is 198 Å². The first-order chi connectivity index (χ1) is 36.0. The average molecular weight is 1180 g/mol. The van der Waals surface area contributed by atoms with Crippen molar-refractivity contribution < 1.29 is 33.4 Å². The summed E-state index contributed by atoms with van der Waals surface area (Å²) in [4.78, 5) is 14.1. The molecule has 6 aromatic heterocycles. The normalized spacial score (nSPS) is 12.0. The minimum Gasteiger partial charge on any atom is -0.501 e. The summed E-state index contributed by atoms with van der Waals surface area (Å²) in [6.45, 7) is 26.3. The van der Waals surface area contributed by atoms with Crippen molar-refractivity contribution in [2.24, 2.45) is 0 Å². The van der Waals surface area contributed by atoms with E-state index in [4.69, 9.17) is 28.2 Å². The molecule has 0 spiro atoms. The van der Waals surface area contributed by atoms with Gasteiger partial charge in [0.25, 0.3) is 0 Å². The van der Waals surface area contributed by atoms with E-state index in [0.29, 0.717) is 0 Å². The molecule has 7 heteroatoms. The summed E-state index contributed by atoms with van der Waals surface area (Å²) in [6, 6.07) is 53.8. The Morgan fingerprint density at radius 2 is 0.632 bits per heavy atom. The molecule has 0 aliphatic heterocycles. The van der Waals surface area contributed by atoms with Crippen molar-refractivity contribution in [3.63, 3.8) is 0 Å². The maximum Gasteiger partial charge on any atom is 3.00 e. The van der Waals surface area contributed by atoms with Crippen molar-refractivity contribution >= 4 is 65.8 Å². The summed E-state index contributed by atoms with van der Waals surface area (Å²) >= 11 is 0. The smallest absolute Gasteiger partial charge is 0.501 e. The summed E-state index contributed by atoms with van der Waals surface area (Å²) in [7, 11) is 0. The minimum atomic E-state index is 0. The Morgan fingerprint density at radius 1 is 0.368 bits per heavy atom. The molecule has 12 rings (SSSR count). The SMILES string of the molecule is CCc1c[c-]c(-c2ccc(C(C)(C)C)cn2)c2oc3ccccc3c12.CCc1c[c-]c(-c2ccc(C(C)(C)C)cn2)c2oc3ccccc3c12.CCc1c[c-]c(-c2ccc(C(C)(C)C)cn2)c2oc3ccccc3c12.[Ir+3]. The molecule has 76 heavy (non-hydrogen) atoms. The van der Waals surface area contributed by atoms with Gasteiger partial charge in [0.2, 0.25) is 0 Å². The fourth-order valence-corrected chi connectivity index (χ4v) is 9.88. The van der Waals surface area contributed by atoms with Crippen LogP contribution >= 0.6 is 0 Å². The molecular weight excluding hydrogens is 1110 g/mol. The van der Waals surface area contributed by atoms with Gasteiger partial charge in [0, 0.05) is 34.7 Å². The third-order valence-corrected chi connectivity index (χ3v) is 14.4. The summed E-state index contributed by atoms with van der Waals surface area (Å²) in [5.41, 5.74) is 18.6. The fraction of sp³-hybridized carbons (Fsp3) is 0.261. The van der Waals surface area contributed by atoms with Gasteiger partial charge in [-0.1, -0.05) is 226 Å². The Hall–Kier alpha value is -7.18. The van der Waals surface area contributed by atoms with Crippen LogP contribution in [0, 0.1) is 18.2 Å². The zero-order valence-electron chi connectivity index (χ0n) is 45.9. The molecule has 0 amide bonds. The molecule has 384 valence electrons. The first-order valence-corrected chi connectivity index (χ1v) is 26.4. The van der Waals surface area contributed by atoms with Gasteiger partial charge in [-0.15, -0.1) is 53.1 Å². The molecule has 0 saturated heterocycles. The maximum absolute atomic E-state index is 6.21. The number of hydrogen-bond donors (Lipinski definition) is 0. The Bertz CT molecular complexity index is 3570. The largest absolute Gasteiger partial charge is 3.00 e. The van der Waals surface area contributed by atoms with E-state index in [2.05, 4.69) is 192 Å². The molecule has 6 nitrogen and oxygen atoms in total. The average Bonchev–Trinajstić information content (AvgIpc) is 4.13. The molecule has 6 aromatic carbocycles. The number of para-hydroxylation sites is 3. The predicted molar refractivity (Wildman–Crippen MR) is 312 cm³/mol. The van der Waals surface area contributed by atoms with E-state index in [-0.39, 0.29) is 36.4 Å². The number of hydrogen-bond acceptors (Lipinski definition) is 6. The van der Waals surface area contributed by atoms with Crippen LogP contribution in [0.25, 0.3) is 99.6 Å². The predicted octanol–water partition coefficient (Wildman–Crippen LogP) is 18.9. The summed E-state index contributed by atoms with van der Waals surface area (Å²) < 4.78 is 18.6. The molecule has 0 aliphatic carbocycles. The quantitative estimate of drug-likeness (QED) is 0.154. The molecule has 0 N–H and O–H groups in total. The molecular formula is C69H66IrN3O3. The zero-order chi connectivity index (χ0) is 52.8. The molecule has 0 fully saturated rings. The molecule has 0 aliphatic rings. The Kier molecular flexibility index (Phi) is 15.1. The van der Waals surface area contributed by atoms with Gasteiger partial charge in [-0.05, 0) is 68.2 Å². The minimum absolute atomic E-state index is 0. The number of pyridine rings is 3. The van der Waals surface area contributed by atoms with Gasteiger partial charge < -0.3 is 28.2 Å². The number of nitrogens with zero attached hydrogens (tertiary/aromatic N) is 3. The van der Waals surface area contributed by atoms with E-state index in [1.807, 2.05) is 55.0 Å². The second-order valence-electron chi connectivity index (χ2n) is 22.6. The van der Waals surface area contributed by atoms with Gasteiger partial charge in [-0.25, -0.2) is 0 Å². The first kappa shape index (κ1) is 53.6. The number of fused-ring (bicyclic) bond motifs is 9. The van der Waals surface area contributed by atoms with E-state index in [0.717, 1.165) is 103 Å². The molecule has 12 aromatic rings. The van der Waals surface area contributed by atoms with Gasteiger partial charge in [0.1, 0.15) is 16.7 Å². The monoisotopic (exact) mass is 1180 g/mol. The number of rotatable bonds is 6. The van der Waals surface area contributed by atoms with Gasteiger partial charge in [0.05, 0.1) is 16.7 Å². The second-order valence-corrected chi connectivity index (χ2v) is 22.6. The van der Waals surface area contributed by atoms with E-state index < -0.39 is 0 Å². The van der Waals surface area contributed by atoms with Crippen LogP contribution in [0.15, 0.2) is 159 Å². The van der Waals surface area contributed by atoms with E-state index in [1.165, 1.54) is 49.5 Å². The van der Waals surface area contributed by atoms with Gasteiger partial charge in [-0.3, -0.25) is 0 Å². The van der Waals surface area contributed by atoms with E-state index >= 15 is 0 Å². The second kappa shape index (κ2) is 21.4. The summed E-state index contributed by atoms with van der Waals surface area (Å²) in [5.74, 6) is 0. The van der Waals surface area contributed by atoms with Crippen molar-refractivity contribution in [1.82, 2.24) is 15.0 Å².